The Morgan fingerprint density at radius 1 is 1.50 bits per heavy atom. The molecule has 1 unspecified atom stereocenters. The van der Waals surface area contributed by atoms with Crippen molar-refractivity contribution in [2.75, 3.05) is 0 Å². The average molecular weight is 309 g/mol. The van der Waals surface area contributed by atoms with Crippen LogP contribution < -0.4 is 5.32 Å². The van der Waals surface area contributed by atoms with Crippen molar-refractivity contribution in [3.8, 4) is 0 Å². The van der Waals surface area contributed by atoms with E-state index < -0.39 is 5.38 Å². The van der Waals surface area contributed by atoms with Gasteiger partial charge in [-0.15, -0.1) is 11.6 Å². The molecule has 0 aromatic heterocycles. The van der Waals surface area contributed by atoms with E-state index in [-0.39, 0.29) is 17.8 Å². The third-order valence-corrected chi connectivity index (χ3v) is 3.02. The van der Waals surface area contributed by atoms with Gasteiger partial charge in [0.25, 0.3) is 0 Å². The normalized spacial score (nSPS) is 12.6. The van der Waals surface area contributed by atoms with Crippen LogP contribution in [-0.4, -0.2) is 11.9 Å². The van der Waals surface area contributed by atoms with Gasteiger partial charge >= 0.3 is 0 Å². The Kier molecular flexibility index (Phi) is 4.74. The van der Waals surface area contributed by atoms with Gasteiger partial charge in [-0.2, -0.15) is 0 Å². The van der Waals surface area contributed by atoms with Crippen molar-refractivity contribution in [3.63, 3.8) is 0 Å². The molecule has 0 radical (unpaired) electrons. The molecule has 88 valence electrons. The monoisotopic (exact) mass is 307 g/mol. The molecule has 1 N–H and O–H groups in total. The van der Waals surface area contributed by atoms with Crippen LogP contribution in [0.4, 0.5) is 4.39 Å². The second-order valence-electron chi connectivity index (χ2n) is 3.69. The molecular weight excluding hydrogens is 296 g/mol. The molecule has 16 heavy (non-hydrogen) atoms. The lowest BCUT2D eigenvalue weighted by molar-refractivity contribution is -0.121. The van der Waals surface area contributed by atoms with Crippen LogP contribution in [0, 0.1) is 5.82 Å². The summed E-state index contributed by atoms with van der Waals surface area (Å²) in [6.45, 7) is 3.70. The summed E-state index contributed by atoms with van der Waals surface area (Å²) < 4.78 is 13.3. The molecule has 0 aliphatic rings. The summed E-state index contributed by atoms with van der Waals surface area (Å²) in [6, 6.07) is 4.08. The minimum atomic E-state index is -0.822. The highest BCUT2D eigenvalue weighted by Crippen LogP contribution is 2.28. The number of carbonyl (C=O) groups is 1. The third-order valence-electron chi connectivity index (χ3n) is 1.90. The Balaban J connectivity index is 2.87. The number of rotatable bonds is 3. The van der Waals surface area contributed by atoms with E-state index in [1.165, 1.54) is 18.2 Å². The van der Waals surface area contributed by atoms with Crippen molar-refractivity contribution in [2.45, 2.75) is 25.3 Å². The molecule has 1 amide bonds. The second kappa shape index (κ2) is 5.64. The summed E-state index contributed by atoms with van der Waals surface area (Å²) in [7, 11) is 0. The molecule has 2 nitrogen and oxygen atoms in total. The maximum Gasteiger partial charge on any atom is 0.242 e. The Morgan fingerprint density at radius 3 is 2.62 bits per heavy atom. The quantitative estimate of drug-likeness (QED) is 0.852. The van der Waals surface area contributed by atoms with Gasteiger partial charge in [0.05, 0.1) is 0 Å². The zero-order valence-electron chi connectivity index (χ0n) is 8.93. The van der Waals surface area contributed by atoms with E-state index in [0.717, 1.165) is 0 Å². The van der Waals surface area contributed by atoms with Gasteiger partial charge in [-0.25, -0.2) is 4.39 Å². The van der Waals surface area contributed by atoms with Gasteiger partial charge < -0.3 is 5.32 Å². The van der Waals surface area contributed by atoms with Gasteiger partial charge in [0.1, 0.15) is 11.2 Å². The largest absolute Gasteiger partial charge is 0.352 e. The van der Waals surface area contributed by atoms with Crippen molar-refractivity contribution in [2.24, 2.45) is 0 Å². The van der Waals surface area contributed by atoms with E-state index in [2.05, 4.69) is 21.2 Å². The van der Waals surface area contributed by atoms with Crippen LogP contribution in [0.2, 0.25) is 0 Å². The lowest BCUT2D eigenvalue weighted by atomic mass is 10.1. The Bertz CT molecular complexity index is 398. The van der Waals surface area contributed by atoms with Gasteiger partial charge in [0.15, 0.2) is 0 Å². The summed E-state index contributed by atoms with van der Waals surface area (Å²) >= 11 is 9.17. The Hall–Kier alpha value is -0.610. The van der Waals surface area contributed by atoms with E-state index in [4.69, 9.17) is 11.6 Å². The molecule has 1 aromatic rings. The first kappa shape index (κ1) is 13.5. The van der Waals surface area contributed by atoms with Crippen molar-refractivity contribution < 1.29 is 9.18 Å². The summed E-state index contributed by atoms with van der Waals surface area (Å²) in [5, 5.41) is 1.88. The van der Waals surface area contributed by atoms with E-state index in [9.17, 15) is 9.18 Å². The number of nitrogens with one attached hydrogen (secondary N) is 1. The molecule has 0 saturated carbocycles. The van der Waals surface area contributed by atoms with E-state index in [1.54, 1.807) is 0 Å². The van der Waals surface area contributed by atoms with Crippen LogP contribution in [0.5, 0.6) is 0 Å². The molecule has 1 atom stereocenters. The van der Waals surface area contributed by atoms with Crippen LogP contribution in [0.1, 0.15) is 24.8 Å². The van der Waals surface area contributed by atoms with Gasteiger partial charge in [-0.05, 0) is 31.5 Å². The molecule has 0 fully saturated rings. The predicted molar refractivity (Wildman–Crippen MR) is 66.0 cm³/mol. The zero-order chi connectivity index (χ0) is 12.3. The maximum absolute atomic E-state index is 12.8. The number of carbonyl (C=O) groups excluding carboxylic acids is 1. The van der Waals surface area contributed by atoms with Crippen molar-refractivity contribution >= 4 is 33.4 Å². The summed E-state index contributed by atoms with van der Waals surface area (Å²) in [4.78, 5) is 11.6. The molecule has 0 spiro atoms. The van der Waals surface area contributed by atoms with E-state index in [1.807, 2.05) is 13.8 Å². The standard InChI is InChI=1S/C11H12BrClFNO/c1-6(2)15-11(16)10(13)8-4-3-7(14)5-9(8)12/h3-6,10H,1-2H3,(H,15,16). The van der Waals surface area contributed by atoms with Crippen LogP contribution in [0.25, 0.3) is 0 Å². The minimum Gasteiger partial charge on any atom is -0.352 e. The Morgan fingerprint density at radius 2 is 2.12 bits per heavy atom. The molecule has 0 saturated heterocycles. The number of benzene rings is 1. The van der Waals surface area contributed by atoms with Crippen LogP contribution in [0.15, 0.2) is 22.7 Å². The molecule has 5 heteroatoms. The van der Waals surface area contributed by atoms with Crippen molar-refractivity contribution in [3.05, 3.63) is 34.1 Å². The second-order valence-corrected chi connectivity index (χ2v) is 4.98. The fourth-order valence-corrected chi connectivity index (χ4v) is 2.17. The zero-order valence-corrected chi connectivity index (χ0v) is 11.3. The highest BCUT2D eigenvalue weighted by molar-refractivity contribution is 9.10. The molecule has 1 rings (SSSR count). The molecular formula is C11H12BrClFNO. The first-order valence-corrected chi connectivity index (χ1v) is 6.04. The van der Waals surface area contributed by atoms with Crippen LogP contribution >= 0.6 is 27.5 Å². The van der Waals surface area contributed by atoms with E-state index in [0.29, 0.717) is 10.0 Å². The molecule has 0 bridgehead atoms. The fourth-order valence-electron chi connectivity index (χ4n) is 1.21. The first-order valence-electron chi connectivity index (χ1n) is 4.81. The van der Waals surface area contributed by atoms with E-state index >= 15 is 0 Å². The van der Waals surface area contributed by atoms with Gasteiger partial charge in [0, 0.05) is 10.5 Å². The van der Waals surface area contributed by atoms with Crippen molar-refractivity contribution in [1.82, 2.24) is 5.32 Å². The number of alkyl halides is 1. The molecule has 1 aromatic carbocycles. The number of hydrogen-bond acceptors (Lipinski definition) is 1. The maximum atomic E-state index is 12.8. The first-order chi connectivity index (χ1) is 7.41. The smallest absolute Gasteiger partial charge is 0.242 e. The van der Waals surface area contributed by atoms with Crippen molar-refractivity contribution in [1.29, 1.82) is 0 Å². The molecule has 0 aliphatic carbocycles. The highest BCUT2D eigenvalue weighted by atomic mass is 79.9. The van der Waals surface area contributed by atoms with Gasteiger partial charge in [-0.3, -0.25) is 4.79 Å². The summed E-state index contributed by atoms with van der Waals surface area (Å²) in [5.41, 5.74) is 0.557. The lowest BCUT2D eigenvalue weighted by Gasteiger charge is -2.14. The topological polar surface area (TPSA) is 29.1 Å². The third kappa shape index (κ3) is 3.46. The number of halogens is 3. The fraction of sp³-hybridized carbons (Fsp3) is 0.364. The minimum absolute atomic E-state index is 0.0213. The SMILES string of the molecule is CC(C)NC(=O)C(Cl)c1ccc(F)cc1Br. The number of amides is 1. The van der Waals surface area contributed by atoms with Gasteiger partial charge in [0.2, 0.25) is 5.91 Å². The highest BCUT2D eigenvalue weighted by Gasteiger charge is 2.20. The van der Waals surface area contributed by atoms with Crippen LogP contribution in [-0.2, 0) is 4.79 Å². The molecule has 0 aliphatic heterocycles. The average Bonchev–Trinajstić information content (AvgIpc) is 2.15. The number of hydrogen-bond donors (Lipinski definition) is 1. The van der Waals surface area contributed by atoms with Gasteiger partial charge in [-0.1, -0.05) is 22.0 Å². The lowest BCUT2D eigenvalue weighted by Crippen LogP contribution is -2.32. The Labute approximate surface area is 107 Å². The predicted octanol–water partition coefficient (Wildman–Crippen LogP) is 3.39. The summed E-state index contributed by atoms with van der Waals surface area (Å²) in [6.07, 6.45) is 0. The van der Waals surface area contributed by atoms with Crippen LogP contribution in [0.3, 0.4) is 0 Å². The molecule has 0 heterocycles. The summed E-state index contributed by atoms with van der Waals surface area (Å²) in [5.74, 6) is -0.660.